The maximum atomic E-state index is 13.6. The molecule has 0 spiro atoms. The molecule has 0 aliphatic rings. The van der Waals surface area contributed by atoms with E-state index in [1.165, 1.54) is 12.3 Å². The van der Waals surface area contributed by atoms with Gasteiger partial charge >= 0.3 is 0 Å². The Morgan fingerprint density at radius 3 is 2.71 bits per heavy atom. The highest BCUT2D eigenvalue weighted by atomic mass is 32.2. The largest absolute Gasteiger partial charge is 0.384 e. The molecule has 114 valence electrons. The Hall–Kier alpha value is -1.80. The molecule has 0 aliphatic heterocycles. The molecule has 5 nitrogen and oxygen atoms in total. The summed E-state index contributed by atoms with van der Waals surface area (Å²) in [5.41, 5.74) is 0.647. The number of rotatable bonds is 6. The molecule has 21 heavy (non-hydrogen) atoms. The van der Waals surface area contributed by atoms with Crippen LogP contribution in [0.5, 0.6) is 0 Å². The van der Waals surface area contributed by atoms with Gasteiger partial charge in [-0.15, -0.1) is 0 Å². The Bertz CT molecular complexity index is 750. The summed E-state index contributed by atoms with van der Waals surface area (Å²) in [6.07, 6.45) is 3.05. The summed E-state index contributed by atoms with van der Waals surface area (Å²) >= 11 is 0. The van der Waals surface area contributed by atoms with E-state index >= 15 is 0 Å². The molecule has 1 aromatic heterocycles. The van der Waals surface area contributed by atoms with E-state index < -0.39 is 21.7 Å². The summed E-state index contributed by atoms with van der Waals surface area (Å²) in [4.78, 5) is 3.89. The summed E-state index contributed by atoms with van der Waals surface area (Å²) in [6.45, 7) is 0.747. The number of pyridine rings is 1. The Balaban J connectivity index is 2.06. The van der Waals surface area contributed by atoms with Crippen molar-refractivity contribution in [2.75, 3.05) is 24.7 Å². The highest BCUT2D eigenvalue weighted by Crippen LogP contribution is 2.24. The summed E-state index contributed by atoms with van der Waals surface area (Å²) in [5, 5.41) is 3.37. The number of halogens is 2. The molecular formula is C13H15F2N3O2S. The zero-order chi connectivity index (χ0) is 15.5. The van der Waals surface area contributed by atoms with Crippen molar-refractivity contribution in [2.45, 2.75) is 6.42 Å². The monoisotopic (exact) mass is 315 g/mol. The van der Waals surface area contributed by atoms with E-state index in [2.05, 4.69) is 15.0 Å². The minimum Gasteiger partial charge on any atom is -0.384 e. The average molecular weight is 315 g/mol. The van der Waals surface area contributed by atoms with Gasteiger partial charge in [0.2, 0.25) is 10.0 Å². The molecule has 0 unspecified atom stereocenters. The van der Waals surface area contributed by atoms with E-state index in [-0.39, 0.29) is 12.1 Å². The number of aromatic nitrogens is 1. The molecule has 1 aromatic carbocycles. The van der Waals surface area contributed by atoms with Crippen molar-refractivity contribution in [2.24, 2.45) is 0 Å². The first-order valence-corrected chi connectivity index (χ1v) is 8.18. The Morgan fingerprint density at radius 2 is 2.00 bits per heavy atom. The fraction of sp³-hybridized carbons (Fsp3) is 0.308. The molecule has 2 rings (SSSR count). The van der Waals surface area contributed by atoms with Crippen LogP contribution in [0.15, 0.2) is 24.4 Å². The lowest BCUT2D eigenvalue weighted by atomic mass is 10.1. The van der Waals surface area contributed by atoms with Crippen LogP contribution in [0.3, 0.4) is 0 Å². The van der Waals surface area contributed by atoms with Crippen LogP contribution in [-0.2, 0) is 10.0 Å². The third-order valence-electron chi connectivity index (χ3n) is 2.80. The number of fused-ring (bicyclic) bond motifs is 1. The van der Waals surface area contributed by atoms with Crippen LogP contribution >= 0.6 is 0 Å². The lowest BCUT2D eigenvalue weighted by molar-refractivity contribution is 0.586. The molecule has 1 heterocycles. The number of hydrogen-bond acceptors (Lipinski definition) is 4. The Labute approximate surface area is 121 Å². The molecule has 0 saturated heterocycles. The molecule has 0 atom stereocenters. The first-order valence-electron chi connectivity index (χ1n) is 6.29. The van der Waals surface area contributed by atoms with Crippen molar-refractivity contribution >= 4 is 26.6 Å². The van der Waals surface area contributed by atoms with Crippen LogP contribution in [0.2, 0.25) is 0 Å². The number of nitrogens with one attached hydrogen (secondary N) is 2. The molecule has 0 aliphatic carbocycles. The van der Waals surface area contributed by atoms with Crippen LogP contribution in [0, 0.1) is 11.6 Å². The van der Waals surface area contributed by atoms with Gasteiger partial charge in [-0.1, -0.05) is 0 Å². The highest BCUT2D eigenvalue weighted by Gasteiger charge is 2.08. The van der Waals surface area contributed by atoms with Crippen molar-refractivity contribution in [3.63, 3.8) is 0 Å². The van der Waals surface area contributed by atoms with Gasteiger partial charge in [0.25, 0.3) is 0 Å². The third-order valence-corrected chi connectivity index (χ3v) is 3.52. The second-order valence-electron chi connectivity index (χ2n) is 4.59. The lowest BCUT2D eigenvalue weighted by Gasteiger charge is -2.10. The predicted molar refractivity (Wildman–Crippen MR) is 77.6 cm³/mol. The number of sulfonamides is 1. The Kier molecular flexibility index (Phi) is 4.69. The van der Waals surface area contributed by atoms with Crippen LogP contribution in [0.1, 0.15) is 6.42 Å². The van der Waals surface area contributed by atoms with Crippen LogP contribution in [0.4, 0.5) is 14.5 Å². The number of benzene rings is 1. The predicted octanol–water partition coefficient (Wildman–Crippen LogP) is 1.86. The fourth-order valence-electron chi connectivity index (χ4n) is 1.90. The van der Waals surface area contributed by atoms with Crippen molar-refractivity contribution < 1.29 is 17.2 Å². The van der Waals surface area contributed by atoms with Crippen molar-refractivity contribution in [1.29, 1.82) is 0 Å². The number of hydrogen-bond donors (Lipinski definition) is 2. The fourth-order valence-corrected chi connectivity index (χ4v) is 2.42. The van der Waals surface area contributed by atoms with E-state index in [9.17, 15) is 17.2 Å². The van der Waals surface area contributed by atoms with Gasteiger partial charge in [0.1, 0.15) is 11.3 Å². The third kappa shape index (κ3) is 4.33. The maximum Gasteiger partial charge on any atom is 0.208 e. The van der Waals surface area contributed by atoms with Gasteiger partial charge < -0.3 is 5.32 Å². The molecule has 2 aromatic rings. The van der Waals surface area contributed by atoms with Gasteiger partial charge in [0, 0.05) is 36.4 Å². The minimum absolute atomic E-state index is 0.0932. The van der Waals surface area contributed by atoms with Crippen LogP contribution in [0.25, 0.3) is 10.9 Å². The van der Waals surface area contributed by atoms with Gasteiger partial charge in [-0.3, -0.25) is 4.98 Å². The van der Waals surface area contributed by atoms with Crippen molar-refractivity contribution in [3.8, 4) is 0 Å². The first kappa shape index (κ1) is 15.6. The molecule has 8 heteroatoms. The minimum atomic E-state index is -3.20. The molecule has 0 bridgehead atoms. The van der Waals surface area contributed by atoms with Crippen molar-refractivity contribution in [3.05, 3.63) is 36.0 Å². The van der Waals surface area contributed by atoms with Gasteiger partial charge in [-0.2, -0.15) is 0 Å². The van der Waals surface area contributed by atoms with Gasteiger partial charge in [-0.25, -0.2) is 21.9 Å². The van der Waals surface area contributed by atoms with E-state index in [1.54, 1.807) is 6.07 Å². The summed E-state index contributed by atoms with van der Waals surface area (Å²) in [6, 6.07) is 3.61. The molecule has 2 N–H and O–H groups in total. The maximum absolute atomic E-state index is 13.6. The topological polar surface area (TPSA) is 71.1 Å². The molecule has 0 amide bonds. The van der Waals surface area contributed by atoms with E-state index in [0.29, 0.717) is 24.0 Å². The lowest BCUT2D eigenvalue weighted by Crippen LogP contribution is -2.24. The SMILES string of the molecule is CS(=O)(=O)NCCCNc1ccnc2c(F)cc(F)cc12. The summed E-state index contributed by atoms with van der Waals surface area (Å²) in [7, 11) is -3.20. The summed E-state index contributed by atoms with van der Waals surface area (Å²) in [5.74, 6) is -1.39. The van der Waals surface area contributed by atoms with Crippen LogP contribution in [-0.4, -0.2) is 32.7 Å². The van der Waals surface area contributed by atoms with Gasteiger partial charge in [0.15, 0.2) is 5.82 Å². The van der Waals surface area contributed by atoms with E-state index in [1.807, 2.05) is 0 Å². The van der Waals surface area contributed by atoms with Gasteiger partial charge in [-0.05, 0) is 18.6 Å². The van der Waals surface area contributed by atoms with Crippen LogP contribution < -0.4 is 10.0 Å². The second kappa shape index (κ2) is 6.31. The zero-order valence-corrected chi connectivity index (χ0v) is 12.2. The Morgan fingerprint density at radius 1 is 1.24 bits per heavy atom. The standard InChI is InChI=1S/C13H15F2N3O2S/c1-21(19,20)18-5-2-4-16-12-3-6-17-13-10(12)7-9(14)8-11(13)15/h3,6-8,18H,2,4-5H2,1H3,(H,16,17). The molecule has 0 saturated carbocycles. The molecule has 0 radical (unpaired) electrons. The second-order valence-corrected chi connectivity index (χ2v) is 6.42. The normalized spacial score (nSPS) is 11.8. The zero-order valence-electron chi connectivity index (χ0n) is 11.4. The molecular weight excluding hydrogens is 300 g/mol. The average Bonchev–Trinajstić information content (AvgIpc) is 2.37. The smallest absolute Gasteiger partial charge is 0.208 e. The highest BCUT2D eigenvalue weighted by molar-refractivity contribution is 7.88. The number of anilines is 1. The summed E-state index contributed by atoms with van der Waals surface area (Å²) < 4.78 is 51.0. The quantitative estimate of drug-likeness (QED) is 0.798. The molecule has 0 fully saturated rings. The van der Waals surface area contributed by atoms with E-state index in [4.69, 9.17) is 0 Å². The van der Waals surface area contributed by atoms with E-state index in [0.717, 1.165) is 12.3 Å². The van der Waals surface area contributed by atoms with Gasteiger partial charge in [0.05, 0.1) is 6.26 Å². The van der Waals surface area contributed by atoms with Crippen molar-refractivity contribution in [1.82, 2.24) is 9.71 Å². The number of nitrogens with zero attached hydrogens (tertiary/aromatic N) is 1. The first-order chi connectivity index (χ1) is 9.87.